The van der Waals surface area contributed by atoms with Crippen LogP contribution in [0.3, 0.4) is 0 Å². The molecule has 5 rings (SSSR count). The molecular weight excluding hydrogens is 513 g/mol. The quantitative estimate of drug-likeness (QED) is 0.319. The van der Waals surface area contributed by atoms with Crippen molar-refractivity contribution in [3.8, 4) is 5.75 Å². The Morgan fingerprint density at radius 3 is 2.41 bits per heavy atom. The molecule has 1 N–H and O–H groups in total. The number of carbonyl (C=O) groups is 3. The third-order valence-corrected chi connectivity index (χ3v) is 6.91. The van der Waals surface area contributed by atoms with Gasteiger partial charge in [0.25, 0.3) is 17.7 Å². The van der Waals surface area contributed by atoms with E-state index in [2.05, 4.69) is 10.3 Å². The van der Waals surface area contributed by atoms with Gasteiger partial charge in [-0.1, -0.05) is 53.5 Å². The molecule has 3 amide bonds. The number of rotatable bonds is 7. The zero-order valence-electron chi connectivity index (χ0n) is 19.8. The summed E-state index contributed by atoms with van der Waals surface area (Å²) >= 11 is 13.0. The standard InChI is InChI=1S/C28H21Cl2N3O4/c1-16-9-10-17-5-4-8-23(25(17)32-16)37-15-21-22(29)12-11-20(24(21)30)26(34)31-13-14-33-27(35)18-6-2-3-7-19(18)28(33)36/h2-12H,13-15H2,1H3,(H,31,34). The number of nitrogens with zero attached hydrogens (tertiary/aromatic N) is 2. The molecule has 4 aromatic rings. The Balaban J connectivity index is 1.27. The van der Waals surface area contributed by atoms with Crippen LogP contribution in [0.15, 0.2) is 66.7 Å². The highest BCUT2D eigenvalue weighted by molar-refractivity contribution is 6.38. The fourth-order valence-corrected chi connectivity index (χ4v) is 4.77. The van der Waals surface area contributed by atoms with Crippen LogP contribution in [0.5, 0.6) is 5.75 Å². The first-order chi connectivity index (χ1) is 17.8. The summed E-state index contributed by atoms with van der Waals surface area (Å²) in [4.78, 5) is 43.6. The van der Waals surface area contributed by atoms with Crippen LogP contribution in [0.4, 0.5) is 0 Å². The highest BCUT2D eigenvalue weighted by atomic mass is 35.5. The lowest BCUT2D eigenvalue weighted by Gasteiger charge is -2.16. The van der Waals surface area contributed by atoms with Crippen LogP contribution < -0.4 is 10.1 Å². The average Bonchev–Trinajstić information content (AvgIpc) is 3.13. The molecule has 0 saturated heterocycles. The molecule has 9 heteroatoms. The van der Waals surface area contributed by atoms with E-state index >= 15 is 0 Å². The van der Waals surface area contributed by atoms with E-state index in [9.17, 15) is 14.4 Å². The number of imide groups is 1. The molecule has 0 saturated carbocycles. The summed E-state index contributed by atoms with van der Waals surface area (Å²) in [5, 5.41) is 4.18. The number of aryl methyl sites for hydroxylation is 1. The predicted octanol–water partition coefficient (Wildman–Crippen LogP) is 5.46. The van der Waals surface area contributed by atoms with Crippen LogP contribution in [-0.4, -0.2) is 40.7 Å². The summed E-state index contributed by atoms with van der Waals surface area (Å²) in [6, 6.07) is 19.3. The van der Waals surface area contributed by atoms with E-state index in [0.717, 1.165) is 21.5 Å². The summed E-state index contributed by atoms with van der Waals surface area (Å²) in [6.45, 7) is 2.03. The molecule has 0 radical (unpaired) electrons. The molecular formula is C28H21Cl2N3O4. The van der Waals surface area contributed by atoms with Crippen LogP contribution in [0.2, 0.25) is 10.0 Å². The van der Waals surface area contributed by atoms with Gasteiger partial charge in [0.15, 0.2) is 0 Å². The van der Waals surface area contributed by atoms with Crippen molar-refractivity contribution in [2.45, 2.75) is 13.5 Å². The lowest BCUT2D eigenvalue weighted by molar-refractivity contribution is 0.0650. The van der Waals surface area contributed by atoms with Crippen LogP contribution >= 0.6 is 23.2 Å². The van der Waals surface area contributed by atoms with Crippen molar-refractivity contribution >= 4 is 51.8 Å². The van der Waals surface area contributed by atoms with Crippen molar-refractivity contribution in [3.63, 3.8) is 0 Å². The van der Waals surface area contributed by atoms with Crippen molar-refractivity contribution in [2.75, 3.05) is 13.1 Å². The molecule has 0 unspecified atom stereocenters. The van der Waals surface area contributed by atoms with E-state index in [-0.39, 0.29) is 42.1 Å². The van der Waals surface area contributed by atoms with Gasteiger partial charge in [-0.2, -0.15) is 0 Å². The summed E-state index contributed by atoms with van der Waals surface area (Å²) in [5.74, 6) is -0.639. The summed E-state index contributed by atoms with van der Waals surface area (Å²) in [6.07, 6.45) is 0. The summed E-state index contributed by atoms with van der Waals surface area (Å²) in [7, 11) is 0. The molecule has 1 aliphatic rings. The number of pyridine rings is 1. The van der Waals surface area contributed by atoms with Crippen molar-refractivity contribution in [1.29, 1.82) is 0 Å². The summed E-state index contributed by atoms with van der Waals surface area (Å²) in [5.41, 5.74) is 2.97. The fraction of sp³-hybridized carbons (Fsp3) is 0.143. The molecule has 0 aliphatic carbocycles. The number of aromatic nitrogens is 1. The van der Waals surface area contributed by atoms with Crippen LogP contribution in [0.25, 0.3) is 10.9 Å². The lowest BCUT2D eigenvalue weighted by atomic mass is 10.1. The van der Waals surface area contributed by atoms with Crippen LogP contribution in [-0.2, 0) is 6.61 Å². The van der Waals surface area contributed by atoms with Gasteiger partial charge in [-0.15, -0.1) is 0 Å². The van der Waals surface area contributed by atoms with Gasteiger partial charge in [0.2, 0.25) is 0 Å². The Morgan fingerprint density at radius 1 is 0.946 bits per heavy atom. The average molecular weight is 534 g/mol. The Labute approximate surface area is 223 Å². The number of halogens is 2. The zero-order valence-corrected chi connectivity index (χ0v) is 21.3. The smallest absolute Gasteiger partial charge is 0.261 e. The molecule has 1 aromatic heterocycles. The Hall–Kier alpha value is -3.94. The molecule has 0 fully saturated rings. The van der Waals surface area contributed by atoms with E-state index in [1.165, 1.54) is 6.07 Å². The highest BCUT2D eigenvalue weighted by Crippen LogP contribution is 2.31. The Morgan fingerprint density at radius 2 is 1.68 bits per heavy atom. The molecule has 7 nitrogen and oxygen atoms in total. The maximum absolute atomic E-state index is 12.9. The number of benzene rings is 3. The zero-order chi connectivity index (χ0) is 26.1. The van der Waals surface area contributed by atoms with Gasteiger partial charge in [-0.05, 0) is 43.3 Å². The van der Waals surface area contributed by atoms with Crippen molar-refractivity contribution in [3.05, 3.63) is 105 Å². The first-order valence-electron chi connectivity index (χ1n) is 11.5. The first kappa shape index (κ1) is 24.7. The highest BCUT2D eigenvalue weighted by Gasteiger charge is 2.34. The van der Waals surface area contributed by atoms with Gasteiger partial charge in [0.1, 0.15) is 17.9 Å². The van der Waals surface area contributed by atoms with Crippen LogP contribution in [0, 0.1) is 6.92 Å². The minimum absolute atomic E-state index is 0.0303. The molecule has 2 heterocycles. The number of hydrogen-bond acceptors (Lipinski definition) is 5. The minimum Gasteiger partial charge on any atom is -0.487 e. The lowest BCUT2D eigenvalue weighted by Crippen LogP contribution is -2.38. The molecule has 0 bridgehead atoms. The van der Waals surface area contributed by atoms with E-state index in [4.69, 9.17) is 27.9 Å². The van der Waals surface area contributed by atoms with E-state index in [0.29, 0.717) is 27.5 Å². The topological polar surface area (TPSA) is 88.6 Å². The number of fused-ring (bicyclic) bond motifs is 2. The van der Waals surface area contributed by atoms with Gasteiger partial charge in [-0.25, -0.2) is 4.98 Å². The normalized spacial score (nSPS) is 12.7. The molecule has 1 aliphatic heterocycles. The van der Waals surface area contributed by atoms with Crippen LogP contribution in [0.1, 0.15) is 42.3 Å². The monoisotopic (exact) mass is 533 g/mol. The maximum Gasteiger partial charge on any atom is 0.261 e. The van der Waals surface area contributed by atoms with Crippen molar-refractivity contribution < 1.29 is 19.1 Å². The molecule has 37 heavy (non-hydrogen) atoms. The number of para-hydroxylation sites is 1. The van der Waals surface area contributed by atoms with Gasteiger partial charge in [0.05, 0.1) is 21.7 Å². The third kappa shape index (κ3) is 4.75. The molecule has 0 atom stereocenters. The second-order valence-corrected chi connectivity index (χ2v) is 9.31. The SMILES string of the molecule is Cc1ccc2cccc(OCc3c(Cl)ccc(C(=O)NCCN4C(=O)c5ccccc5C4=O)c3Cl)c2n1. The number of amides is 3. The second kappa shape index (κ2) is 10.2. The second-order valence-electron chi connectivity index (χ2n) is 8.52. The van der Waals surface area contributed by atoms with Gasteiger partial charge in [0, 0.05) is 34.8 Å². The Kier molecular flexibility index (Phi) is 6.82. The molecule has 0 spiro atoms. The van der Waals surface area contributed by atoms with Gasteiger partial charge >= 0.3 is 0 Å². The van der Waals surface area contributed by atoms with Gasteiger partial charge < -0.3 is 10.1 Å². The predicted molar refractivity (Wildman–Crippen MR) is 141 cm³/mol. The number of hydrogen-bond donors (Lipinski definition) is 1. The number of nitrogens with one attached hydrogen (secondary N) is 1. The number of carbonyl (C=O) groups excluding carboxylic acids is 3. The number of ether oxygens (including phenoxy) is 1. The van der Waals surface area contributed by atoms with Crippen molar-refractivity contribution in [1.82, 2.24) is 15.2 Å². The fourth-order valence-electron chi connectivity index (χ4n) is 4.21. The largest absolute Gasteiger partial charge is 0.487 e. The summed E-state index contributed by atoms with van der Waals surface area (Å²) < 4.78 is 6.01. The van der Waals surface area contributed by atoms with E-state index < -0.39 is 5.91 Å². The molecule has 3 aromatic carbocycles. The van der Waals surface area contributed by atoms with E-state index in [1.807, 2.05) is 37.3 Å². The van der Waals surface area contributed by atoms with Gasteiger partial charge in [-0.3, -0.25) is 19.3 Å². The third-order valence-electron chi connectivity index (χ3n) is 6.12. The Bertz CT molecular complexity index is 1540. The van der Waals surface area contributed by atoms with E-state index in [1.54, 1.807) is 30.3 Å². The first-order valence-corrected chi connectivity index (χ1v) is 12.3. The van der Waals surface area contributed by atoms with Crippen molar-refractivity contribution in [2.24, 2.45) is 0 Å². The molecule has 186 valence electrons. The maximum atomic E-state index is 12.9. The minimum atomic E-state index is -0.457.